The van der Waals surface area contributed by atoms with Crippen LogP contribution >= 0.6 is 0 Å². The van der Waals surface area contributed by atoms with Crippen LogP contribution < -0.4 is 5.32 Å². The fourth-order valence-corrected chi connectivity index (χ4v) is 2.47. The third-order valence-electron chi connectivity index (χ3n) is 3.48. The molecule has 1 saturated heterocycles. The molecule has 1 aliphatic heterocycles. The van der Waals surface area contributed by atoms with Crippen molar-refractivity contribution < 1.29 is 14.7 Å². The molecule has 1 amide bonds. The Balaban J connectivity index is 2.14. The first-order valence-electron chi connectivity index (χ1n) is 6.73. The highest BCUT2D eigenvalue weighted by molar-refractivity contribution is 5.86. The molecular formula is C13H20N4O3. The van der Waals surface area contributed by atoms with E-state index in [4.69, 9.17) is 5.11 Å². The molecule has 110 valence electrons. The van der Waals surface area contributed by atoms with Gasteiger partial charge in [0.1, 0.15) is 6.04 Å². The lowest BCUT2D eigenvalue weighted by molar-refractivity contribution is -0.143. The van der Waals surface area contributed by atoms with Gasteiger partial charge in [0.05, 0.1) is 18.4 Å². The van der Waals surface area contributed by atoms with Crippen molar-refractivity contribution in [3.05, 3.63) is 18.2 Å². The zero-order valence-corrected chi connectivity index (χ0v) is 11.7. The summed E-state index contributed by atoms with van der Waals surface area (Å²) in [5.41, 5.74) is 0.991. The number of carboxylic acids is 1. The van der Waals surface area contributed by atoms with Crippen LogP contribution in [0.4, 0.5) is 0 Å². The lowest BCUT2D eigenvalue weighted by Crippen LogP contribution is -2.55. The monoisotopic (exact) mass is 280 g/mol. The van der Waals surface area contributed by atoms with Gasteiger partial charge in [0.2, 0.25) is 5.91 Å². The number of carbonyl (C=O) groups is 2. The molecule has 2 heterocycles. The van der Waals surface area contributed by atoms with Gasteiger partial charge in [-0.25, -0.2) is 4.98 Å². The second-order valence-electron chi connectivity index (χ2n) is 5.26. The maximum atomic E-state index is 11.8. The molecule has 1 unspecified atom stereocenters. The van der Waals surface area contributed by atoms with Gasteiger partial charge in [-0.3, -0.25) is 14.5 Å². The predicted octanol–water partition coefficient (Wildman–Crippen LogP) is 0.239. The predicted molar refractivity (Wildman–Crippen MR) is 72.1 cm³/mol. The molecule has 7 heteroatoms. The lowest BCUT2D eigenvalue weighted by atomic mass is 10.1. The molecule has 7 nitrogen and oxygen atoms in total. The summed E-state index contributed by atoms with van der Waals surface area (Å²) in [6.45, 7) is 5.84. The van der Waals surface area contributed by atoms with E-state index in [2.05, 4.69) is 24.1 Å². The summed E-state index contributed by atoms with van der Waals surface area (Å²) < 4.78 is 2.03. The summed E-state index contributed by atoms with van der Waals surface area (Å²) in [6, 6.07) is -0.333. The van der Waals surface area contributed by atoms with Crippen LogP contribution in [0.2, 0.25) is 0 Å². The van der Waals surface area contributed by atoms with Gasteiger partial charge in [-0.1, -0.05) is 0 Å². The van der Waals surface area contributed by atoms with E-state index in [-0.39, 0.29) is 18.4 Å². The van der Waals surface area contributed by atoms with E-state index in [1.54, 1.807) is 12.5 Å². The van der Waals surface area contributed by atoms with E-state index in [9.17, 15) is 9.59 Å². The van der Waals surface area contributed by atoms with Gasteiger partial charge in [0.25, 0.3) is 0 Å². The van der Waals surface area contributed by atoms with Gasteiger partial charge in [-0.05, 0) is 13.8 Å². The SMILES string of the molecule is CC(C)n1cncc1CN1CCNC(=O)C1CC(=O)O. The summed E-state index contributed by atoms with van der Waals surface area (Å²) in [5, 5.41) is 11.7. The number of hydrogen-bond donors (Lipinski definition) is 2. The molecule has 0 spiro atoms. The van der Waals surface area contributed by atoms with Crippen molar-refractivity contribution in [1.82, 2.24) is 19.8 Å². The minimum Gasteiger partial charge on any atom is -0.481 e. The standard InChI is InChI=1S/C13H20N4O3/c1-9(2)17-8-14-6-10(17)7-16-4-3-15-13(20)11(16)5-12(18)19/h6,8-9,11H,3-5,7H2,1-2H3,(H,15,20)(H,18,19). The Morgan fingerprint density at radius 2 is 2.35 bits per heavy atom. The number of nitrogens with one attached hydrogen (secondary N) is 1. The number of aromatic nitrogens is 2. The molecule has 1 fully saturated rings. The lowest BCUT2D eigenvalue weighted by Gasteiger charge is -2.34. The molecule has 0 saturated carbocycles. The summed E-state index contributed by atoms with van der Waals surface area (Å²) in [7, 11) is 0. The van der Waals surface area contributed by atoms with Gasteiger partial charge >= 0.3 is 5.97 Å². The van der Waals surface area contributed by atoms with Crippen LogP contribution in [0.5, 0.6) is 0 Å². The quantitative estimate of drug-likeness (QED) is 0.806. The van der Waals surface area contributed by atoms with E-state index in [1.165, 1.54) is 0 Å². The number of nitrogens with zero attached hydrogens (tertiary/aromatic N) is 3. The normalized spacial score (nSPS) is 20.1. The van der Waals surface area contributed by atoms with Gasteiger partial charge in [0.15, 0.2) is 0 Å². The Bertz CT molecular complexity index is 498. The van der Waals surface area contributed by atoms with Gasteiger partial charge in [-0.2, -0.15) is 0 Å². The van der Waals surface area contributed by atoms with Crippen LogP contribution in [-0.4, -0.2) is 50.6 Å². The highest BCUT2D eigenvalue weighted by Gasteiger charge is 2.32. The second kappa shape index (κ2) is 6.04. The molecule has 20 heavy (non-hydrogen) atoms. The average molecular weight is 280 g/mol. The Morgan fingerprint density at radius 1 is 1.60 bits per heavy atom. The van der Waals surface area contributed by atoms with Crippen LogP contribution in [0.15, 0.2) is 12.5 Å². The van der Waals surface area contributed by atoms with Crippen molar-refractivity contribution in [2.45, 2.75) is 38.9 Å². The number of carbonyl (C=O) groups excluding carboxylic acids is 1. The van der Waals surface area contributed by atoms with Gasteiger partial charge in [0, 0.05) is 31.9 Å². The highest BCUT2D eigenvalue weighted by atomic mass is 16.4. The zero-order chi connectivity index (χ0) is 14.7. The van der Waals surface area contributed by atoms with Gasteiger partial charge in [-0.15, -0.1) is 0 Å². The molecular weight excluding hydrogens is 260 g/mol. The Hall–Kier alpha value is -1.89. The molecule has 1 aromatic rings. The fraction of sp³-hybridized carbons (Fsp3) is 0.615. The molecule has 2 rings (SSSR count). The van der Waals surface area contributed by atoms with Crippen molar-refractivity contribution in [3.8, 4) is 0 Å². The molecule has 1 aromatic heterocycles. The molecule has 1 aliphatic rings. The summed E-state index contributed by atoms with van der Waals surface area (Å²) >= 11 is 0. The first kappa shape index (κ1) is 14.5. The number of carboxylic acid groups (broad SMARTS) is 1. The zero-order valence-electron chi connectivity index (χ0n) is 11.7. The number of amides is 1. The van der Waals surface area contributed by atoms with Crippen LogP contribution in [0.3, 0.4) is 0 Å². The highest BCUT2D eigenvalue weighted by Crippen LogP contribution is 2.16. The van der Waals surface area contributed by atoms with Crippen LogP contribution in [0, 0.1) is 0 Å². The van der Waals surface area contributed by atoms with E-state index < -0.39 is 12.0 Å². The number of piperazine rings is 1. The number of hydrogen-bond acceptors (Lipinski definition) is 4. The van der Waals surface area contributed by atoms with Crippen LogP contribution in [0.1, 0.15) is 32.0 Å². The number of rotatable bonds is 5. The molecule has 0 radical (unpaired) electrons. The minimum absolute atomic E-state index is 0.179. The second-order valence-corrected chi connectivity index (χ2v) is 5.26. The van der Waals surface area contributed by atoms with E-state index in [0.717, 1.165) is 5.69 Å². The molecule has 0 aliphatic carbocycles. The number of aliphatic carboxylic acids is 1. The fourth-order valence-electron chi connectivity index (χ4n) is 2.47. The maximum Gasteiger partial charge on any atom is 0.305 e. The molecule has 0 aromatic carbocycles. The first-order chi connectivity index (χ1) is 9.49. The van der Waals surface area contributed by atoms with Gasteiger partial charge < -0.3 is 15.0 Å². The first-order valence-corrected chi connectivity index (χ1v) is 6.73. The maximum absolute atomic E-state index is 11.8. The third-order valence-corrected chi connectivity index (χ3v) is 3.48. The molecule has 1 atom stereocenters. The summed E-state index contributed by atoms with van der Waals surface area (Å²) in [6.07, 6.45) is 3.35. The largest absolute Gasteiger partial charge is 0.481 e. The molecule has 2 N–H and O–H groups in total. The van der Waals surface area contributed by atoms with Crippen LogP contribution in [-0.2, 0) is 16.1 Å². The van der Waals surface area contributed by atoms with E-state index in [1.807, 2.05) is 9.47 Å². The Kier molecular flexibility index (Phi) is 4.39. The minimum atomic E-state index is -0.964. The van der Waals surface area contributed by atoms with Crippen molar-refractivity contribution in [2.75, 3.05) is 13.1 Å². The van der Waals surface area contributed by atoms with E-state index in [0.29, 0.717) is 19.6 Å². The topological polar surface area (TPSA) is 87.5 Å². The van der Waals surface area contributed by atoms with Crippen molar-refractivity contribution >= 4 is 11.9 Å². The van der Waals surface area contributed by atoms with Crippen molar-refractivity contribution in [3.63, 3.8) is 0 Å². The summed E-state index contributed by atoms with van der Waals surface area (Å²) in [5.74, 6) is -1.18. The smallest absolute Gasteiger partial charge is 0.305 e. The van der Waals surface area contributed by atoms with Crippen molar-refractivity contribution in [1.29, 1.82) is 0 Å². The van der Waals surface area contributed by atoms with E-state index >= 15 is 0 Å². The number of imidazole rings is 1. The Labute approximate surface area is 117 Å². The van der Waals surface area contributed by atoms with Crippen molar-refractivity contribution in [2.24, 2.45) is 0 Å². The average Bonchev–Trinajstić information content (AvgIpc) is 2.81. The Morgan fingerprint density at radius 3 is 3.00 bits per heavy atom. The summed E-state index contributed by atoms with van der Waals surface area (Å²) in [4.78, 5) is 28.8. The molecule has 0 bridgehead atoms. The van der Waals surface area contributed by atoms with Crippen LogP contribution in [0.25, 0.3) is 0 Å². The third kappa shape index (κ3) is 3.16.